The first-order chi connectivity index (χ1) is 10.5. The summed E-state index contributed by atoms with van der Waals surface area (Å²) >= 11 is 6.04. The quantitative estimate of drug-likeness (QED) is 0.833. The summed E-state index contributed by atoms with van der Waals surface area (Å²) in [6, 6.07) is 7.45. The fourth-order valence-electron chi connectivity index (χ4n) is 2.26. The third-order valence-corrected chi connectivity index (χ3v) is 3.65. The van der Waals surface area contributed by atoms with E-state index in [9.17, 15) is 4.79 Å². The van der Waals surface area contributed by atoms with E-state index in [0.717, 1.165) is 17.9 Å². The summed E-state index contributed by atoms with van der Waals surface area (Å²) < 4.78 is 1.78. The summed E-state index contributed by atoms with van der Waals surface area (Å²) in [7, 11) is 4.11. The summed E-state index contributed by atoms with van der Waals surface area (Å²) in [5, 5.41) is 7.94. The molecule has 22 heavy (non-hydrogen) atoms. The Morgan fingerprint density at radius 3 is 2.82 bits per heavy atom. The molecule has 0 aliphatic rings. The van der Waals surface area contributed by atoms with Gasteiger partial charge in [-0.2, -0.15) is 5.10 Å². The lowest BCUT2D eigenvalue weighted by Gasteiger charge is -2.10. The smallest absolute Gasteiger partial charge is 0.254 e. The van der Waals surface area contributed by atoms with Crippen LogP contribution in [-0.2, 0) is 6.42 Å². The summed E-state index contributed by atoms with van der Waals surface area (Å²) in [6.45, 7) is 3.54. The zero-order valence-electron chi connectivity index (χ0n) is 13.2. The first kappa shape index (κ1) is 16.5. The highest BCUT2D eigenvalue weighted by atomic mass is 35.5. The topological polar surface area (TPSA) is 51.4 Å². The van der Waals surface area contributed by atoms with Crippen LogP contribution in [0.15, 0.2) is 30.5 Å². The summed E-state index contributed by atoms with van der Waals surface area (Å²) in [6.07, 6.45) is 2.34. The predicted molar refractivity (Wildman–Crippen MR) is 88.0 cm³/mol. The highest BCUT2D eigenvalue weighted by Gasteiger charge is 2.17. The molecular weight excluding hydrogens is 300 g/mol. The molecule has 0 fully saturated rings. The average molecular weight is 322 g/mol. The summed E-state index contributed by atoms with van der Waals surface area (Å²) in [4.78, 5) is 13.6. The zero-order chi connectivity index (χ0) is 16.1. The molecule has 2 aromatic rings. The Morgan fingerprint density at radius 2 is 2.18 bits per heavy atom. The van der Waals surface area contributed by atoms with Gasteiger partial charge >= 0.3 is 0 Å². The van der Waals surface area contributed by atoms with E-state index in [1.54, 1.807) is 10.9 Å². The predicted octanol–water partition coefficient (Wildman–Crippen LogP) is 0.962. The second kappa shape index (κ2) is 7.42. The van der Waals surface area contributed by atoms with Crippen LogP contribution in [0, 0.1) is 0 Å². The molecule has 0 aliphatic heterocycles. The van der Waals surface area contributed by atoms with Gasteiger partial charge in [0.05, 0.1) is 50.3 Å². The van der Waals surface area contributed by atoms with Gasteiger partial charge in [-0.25, -0.2) is 4.68 Å². The Bertz CT molecular complexity index is 651. The molecule has 0 radical (unpaired) electrons. The van der Waals surface area contributed by atoms with E-state index in [1.807, 2.05) is 31.2 Å². The SMILES string of the molecule is CCc1c(C(=O)NCC[NH+](C)C)cnn1-c1cccc(Cl)c1. The Labute approximate surface area is 135 Å². The largest absolute Gasteiger partial charge is 0.346 e. The minimum absolute atomic E-state index is 0.0774. The Kier molecular flexibility index (Phi) is 5.57. The Morgan fingerprint density at radius 1 is 1.41 bits per heavy atom. The van der Waals surface area contributed by atoms with Gasteiger partial charge in [-0.1, -0.05) is 24.6 Å². The van der Waals surface area contributed by atoms with Gasteiger partial charge in [0.2, 0.25) is 0 Å². The van der Waals surface area contributed by atoms with Crippen LogP contribution in [0.4, 0.5) is 0 Å². The zero-order valence-corrected chi connectivity index (χ0v) is 13.9. The van der Waals surface area contributed by atoms with Crippen molar-refractivity contribution in [1.29, 1.82) is 0 Å². The van der Waals surface area contributed by atoms with Crippen LogP contribution in [-0.4, -0.2) is 42.9 Å². The number of hydrogen-bond acceptors (Lipinski definition) is 2. The van der Waals surface area contributed by atoms with Crippen molar-refractivity contribution >= 4 is 17.5 Å². The molecule has 6 heteroatoms. The Balaban J connectivity index is 2.22. The van der Waals surface area contributed by atoms with Crippen LogP contribution >= 0.6 is 11.6 Å². The lowest BCUT2D eigenvalue weighted by atomic mass is 10.2. The van der Waals surface area contributed by atoms with Gasteiger partial charge in [0.25, 0.3) is 5.91 Å². The van der Waals surface area contributed by atoms with Crippen LogP contribution in [0.1, 0.15) is 23.0 Å². The van der Waals surface area contributed by atoms with Crippen molar-refractivity contribution in [2.24, 2.45) is 0 Å². The number of quaternary nitrogens is 1. The molecule has 0 bridgehead atoms. The number of hydrogen-bond donors (Lipinski definition) is 2. The highest BCUT2D eigenvalue weighted by molar-refractivity contribution is 6.30. The number of benzene rings is 1. The normalized spacial score (nSPS) is 11.0. The standard InChI is InChI=1S/C16H21ClN4O/c1-4-15-14(16(22)18-8-9-20(2)3)11-19-21(15)13-7-5-6-12(17)10-13/h5-7,10-11H,4,8-9H2,1-3H3,(H,18,22)/p+1. The minimum atomic E-state index is -0.0774. The van der Waals surface area contributed by atoms with Crippen LogP contribution < -0.4 is 10.2 Å². The molecule has 1 heterocycles. The molecule has 0 saturated heterocycles. The maximum absolute atomic E-state index is 12.3. The molecule has 118 valence electrons. The third-order valence-electron chi connectivity index (χ3n) is 3.41. The van der Waals surface area contributed by atoms with Gasteiger partial charge in [0.15, 0.2) is 0 Å². The van der Waals surface area contributed by atoms with Crippen molar-refractivity contribution in [2.75, 3.05) is 27.2 Å². The minimum Gasteiger partial charge on any atom is -0.346 e. The van der Waals surface area contributed by atoms with Crippen LogP contribution in [0.3, 0.4) is 0 Å². The number of halogens is 1. The van der Waals surface area contributed by atoms with Crippen molar-refractivity contribution < 1.29 is 9.69 Å². The molecule has 5 nitrogen and oxygen atoms in total. The molecule has 2 N–H and O–H groups in total. The van der Waals surface area contributed by atoms with Crippen molar-refractivity contribution in [3.8, 4) is 5.69 Å². The second-order valence-corrected chi connectivity index (χ2v) is 5.90. The van der Waals surface area contributed by atoms with Crippen LogP contribution in [0.2, 0.25) is 5.02 Å². The van der Waals surface area contributed by atoms with Crippen molar-refractivity contribution in [1.82, 2.24) is 15.1 Å². The number of rotatable bonds is 6. The van der Waals surface area contributed by atoms with Gasteiger partial charge in [0, 0.05) is 5.02 Å². The average Bonchev–Trinajstić information content (AvgIpc) is 2.90. The molecule has 1 amide bonds. The van der Waals surface area contributed by atoms with Crippen LogP contribution in [0.25, 0.3) is 5.69 Å². The molecule has 0 unspecified atom stereocenters. The third kappa shape index (κ3) is 3.87. The lowest BCUT2D eigenvalue weighted by Crippen LogP contribution is -3.06. The van der Waals surface area contributed by atoms with Crippen LogP contribution in [0.5, 0.6) is 0 Å². The van der Waals surface area contributed by atoms with Gasteiger partial charge in [-0.3, -0.25) is 4.79 Å². The fourth-order valence-corrected chi connectivity index (χ4v) is 2.44. The van der Waals surface area contributed by atoms with E-state index in [1.165, 1.54) is 4.90 Å². The maximum Gasteiger partial charge on any atom is 0.254 e. The maximum atomic E-state index is 12.3. The number of carbonyl (C=O) groups excluding carboxylic acids is 1. The first-order valence-electron chi connectivity index (χ1n) is 7.43. The first-order valence-corrected chi connectivity index (χ1v) is 7.80. The summed E-state index contributed by atoms with van der Waals surface area (Å²) in [5.74, 6) is -0.0774. The van der Waals surface area contributed by atoms with E-state index in [4.69, 9.17) is 11.6 Å². The second-order valence-electron chi connectivity index (χ2n) is 5.46. The number of likely N-dealkylation sites (N-methyl/N-ethyl adjacent to an activating group) is 1. The van der Waals surface area contributed by atoms with Gasteiger partial charge in [-0.15, -0.1) is 0 Å². The Hall–Kier alpha value is -1.85. The molecule has 0 aliphatic carbocycles. The number of carbonyl (C=O) groups is 1. The molecule has 1 aromatic carbocycles. The number of aromatic nitrogens is 2. The van der Waals surface area contributed by atoms with E-state index in [0.29, 0.717) is 23.6 Å². The summed E-state index contributed by atoms with van der Waals surface area (Å²) in [5.41, 5.74) is 2.37. The number of nitrogens with one attached hydrogen (secondary N) is 2. The molecule has 0 saturated carbocycles. The van der Waals surface area contributed by atoms with Crippen molar-refractivity contribution in [3.63, 3.8) is 0 Å². The fraction of sp³-hybridized carbons (Fsp3) is 0.375. The van der Waals surface area contributed by atoms with Gasteiger partial charge in [0.1, 0.15) is 0 Å². The molecule has 1 aromatic heterocycles. The van der Waals surface area contributed by atoms with E-state index in [-0.39, 0.29) is 5.91 Å². The van der Waals surface area contributed by atoms with Crippen molar-refractivity contribution in [3.05, 3.63) is 46.7 Å². The van der Waals surface area contributed by atoms with Crippen molar-refractivity contribution in [2.45, 2.75) is 13.3 Å². The molecular formula is C16H22ClN4O+. The number of amides is 1. The van der Waals surface area contributed by atoms with Gasteiger partial charge in [-0.05, 0) is 24.6 Å². The highest BCUT2D eigenvalue weighted by Crippen LogP contribution is 2.19. The van der Waals surface area contributed by atoms with E-state index >= 15 is 0 Å². The van der Waals surface area contributed by atoms with Gasteiger partial charge < -0.3 is 10.2 Å². The van der Waals surface area contributed by atoms with E-state index < -0.39 is 0 Å². The lowest BCUT2D eigenvalue weighted by molar-refractivity contribution is -0.856. The number of nitrogens with zero attached hydrogens (tertiary/aromatic N) is 2. The molecule has 0 spiro atoms. The van der Waals surface area contributed by atoms with E-state index in [2.05, 4.69) is 24.5 Å². The molecule has 0 atom stereocenters. The monoisotopic (exact) mass is 321 g/mol. The molecule has 2 rings (SSSR count).